The van der Waals surface area contributed by atoms with Gasteiger partial charge in [0.1, 0.15) is 0 Å². The smallest absolute Gasteiger partial charge is 0.0841 e. The van der Waals surface area contributed by atoms with Crippen LogP contribution in [0.1, 0.15) is 94.4 Å². The molecule has 1 atom stereocenters. The number of nitrogens with one attached hydrogen (secondary N) is 1. The maximum atomic E-state index is 4.37. The van der Waals surface area contributed by atoms with Crippen LogP contribution >= 0.6 is 0 Å². The van der Waals surface area contributed by atoms with Crippen LogP contribution in [0.2, 0.25) is 16.6 Å². The molecule has 24 heavy (non-hydrogen) atoms. The molecule has 0 aliphatic heterocycles. The SMILES string of the molecule is CCC(NC1([Si](C(C)C)(C(C)C)C(C)C)CCCC1)C(C)=C(C)[SiH3]. The molecule has 0 bridgehead atoms. The standard InChI is InChI=1S/C21H45NSi2/c1-10-20(18(8)19(9)23)22-21(13-11-12-14-21)24(15(2)3,16(4)5)17(6)7/h15-17,20,22H,10-14H2,1-9,23H3. The second-order valence-electron chi connectivity index (χ2n) is 9.47. The molecule has 1 saturated carbocycles. The van der Waals surface area contributed by atoms with Crippen molar-refractivity contribution in [2.75, 3.05) is 0 Å². The highest BCUT2D eigenvalue weighted by Crippen LogP contribution is 2.54. The van der Waals surface area contributed by atoms with E-state index in [1.807, 2.05) is 0 Å². The van der Waals surface area contributed by atoms with Crippen LogP contribution in [0.15, 0.2) is 10.8 Å². The van der Waals surface area contributed by atoms with Crippen LogP contribution in [0.5, 0.6) is 0 Å². The number of allylic oxidation sites excluding steroid dienone is 1. The summed E-state index contributed by atoms with van der Waals surface area (Å²) in [5.41, 5.74) is 4.14. The van der Waals surface area contributed by atoms with Gasteiger partial charge in [-0.15, -0.1) is 0 Å². The third kappa shape index (κ3) is 3.78. The highest BCUT2D eigenvalue weighted by Gasteiger charge is 2.59. The predicted molar refractivity (Wildman–Crippen MR) is 118 cm³/mol. The van der Waals surface area contributed by atoms with Gasteiger partial charge in [-0.25, -0.2) is 0 Å². The molecule has 0 saturated heterocycles. The van der Waals surface area contributed by atoms with Crippen LogP contribution < -0.4 is 5.32 Å². The zero-order chi connectivity index (χ0) is 18.7. The average Bonchev–Trinajstić information content (AvgIpc) is 2.92. The molecule has 1 aliphatic carbocycles. The van der Waals surface area contributed by atoms with Crippen LogP contribution in [0, 0.1) is 0 Å². The van der Waals surface area contributed by atoms with Crippen molar-refractivity contribution in [1.82, 2.24) is 5.32 Å². The van der Waals surface area contributed by atoms with Crippen LogP contribution in [-0.4, -0.2) is 29.5 Å². The van der Waals surface area contributed by atoms with Crippen molar-refractivity contribution in [2.45, 2.75) is 122 Å². The number of hydrogen-bond donors (Lipinski definition) is 1. The average molecular weight is 368 g/mol. The third-order valence-corrected chi connectivity index (χ3v) is 16.1. The summed E-state index contributed by atoms with van der Waals surface area (Å²) in [6.07, 6.45) is 6.90. The first-order valence-corrected chi connectivity index (χ1v) is 13.7. The lowest BCUT2D eigenvalue weighted by atomic mass is 10.0. The van der Waals surface area contributed by atoms with E-state index in [4.69, 9.17) is 0 Å². The van der Waals surface area contributed by atoms with E-state index in [1.54, 1.807) is 10.8 Å². The van der Waals surface area contributed by atoms with Gasteiger partial charge < -0.3 is 5.32 Å². The van der Waals surface area contributed by atoms with E-state index >= 15 is 0 Å². The van der Waals surface area contributed by atoms with Gasteiger partial charge in [-0.05, 0) is 49.7 Å². The van der Waals surface area contributed by atoms with Gasteiger partial charge in [-0.1, -0.05) is 72.1 Å². The van der Waals surface area contributed by atoms with Crippen LogP contribution in [0.4, 0.5) is 0 Å². The largest absolute Gasteiger partial charge is 0.307 e. The molecule has 3 heteroatoms. The monoisotopic (exact) mass is 367 g/mol. The quantitative estimate of drug-likeness (QED) is 0.555. The molecule has 1 aliphatic rings. The molecule has 0 aromatic carbocycles. The molecular formula is C21H45NSi2. The number of hydrogen-bond acceptors (Lipinski definition) is 1. The summed E-state index contributed by atoms with van der Waals surface area (Å²) >= 11 is 0. The molecule has 0 aromatic heterocycles. The summed E-state index contributed by atoms with van der Waals surface area (Å²) in [5, 5.41) is 6.44. The molecule has 1 unspecified atom stereocenters. The van der Waals surface area contributed by atoms with E-state index in [9.17, 15) is 0 Å². The van der Waals surface area contributed by atoms with Crippen molar-refractivity contribution in [1.29, 1.82) is 0 Å². The summed E-state index contributed by atoms with van der Waals surface area (Å²) in [5.74, 6) is 0. The Labute approximate surface area is 156 Å². The van der Waals surface area contributed by atoms with Gasteiger partial charge in [-0.2, -0.15) is 0 Å². The molecule has 1 nitrogen and oxygen atoms in total. The fourth-order valence-corrected chi connectivity index (χ4v) is 15.8. The Morgan fingerprint density at radius 3 is 1.67 bits per heavy atom. The Morgan fingerprint density at radius 1 is 0.958 bits per heavy atom. The maximum Gasteiger partial charge on any atom is 0.0841 e. The Kier molecular flexibility index (Phi) is 8.02. The molecule has 1 N–H and O–H groups in total. The Bertz CT molecular complexity index is 405. The normalized spacial score (nSPS) is 21.0. The van der Waals surface area contributed by atoms with Gasteiger partial charge in [0.25, 0.3) is 0 Å². The highest BCUT2D eigenvalue weighted by molar-refractivity contribution is 6.86. The minimum Gasteiger partial charge on any atom is -0.307 e. The molecule has 0 heterocycles. The summed E-state index contributed by atoms with van der Waals surface area (Å²) < 4.78 is 0. The molecule has 0 radical (unpaired) electrons. The van der Waals surface area contributed by atoms with Crippen LogP contribution in [-0.2, 0) is 0 Å². The van der Waals surface area contributed by atoms with Gasteiger partial charge in [0.15, 0.2) is 0 Å². The highest BCUT2D eigenvalue weighted by atomic mass is 28.3. The predicted octanol–water partition coefficient (Wildman–Crippen LogP) is 5.54. The summed E-state index contributed by atoms with van der Waals surface area (Å²) in [6, 6.07) is 0.587. The molecule has 1 fully saturated rings. The minimum atomic E-state index is -1.53. The minimum absolute atomic E-state index is 0.433. The zero-order valence-electron chi connectivity index (χ0n) is 18.3. The molecular weight excluding hydrogens is 322 g/mol. The van der Waals surface area contributed by atoms with Gasteiger partial charge in [-0.3, -0.25) is 0 Å². The lowest BCUT2D eigenvalue weighted by Gasteiger charge is -2.57. The van der Waals surface area contributed by atoms with E-state index in [1.165, 1.54) is 42.3 Å². The molecule has 0 spiro atoms. The Balaban J connectivity index is 3.44. The summed E-state index contributed by atoms with van der Waals surface area (Å²) in [6.45, 7) is 22.3. The van der Waals surface area contributed by atoms with Crippen molar-refractivity contribution in [3.05, 3.63) is 10.8 Å². The van der Waals surface area contributed by atoms with Crippen molar-refractivity contribution in [2.24, 2.45) is 0 Å². The van der Waals surface area contributed by atoms with Gasteiger partial charge in [0.2, 0.25) is 0 Å². The van der Waals surface area contributed by atoms with E-state index in [0.29, 0.717) is 11.2 Å². The van der Waals surface area contributed by atoms with Gasteiger partial charge >= 0.3 is 0 Å². The van der Waals surface area contributed by atoms with Gasteiger partial charge in [0, 0.05) is 21.4 Å². The Hall–Kier alpha value is 0.134. The molecule has 142 valence electrons. The summed E-state index contributed by atoms with van der Waals surface area (Å²) in [7, 11) is -0.331. The van der Waals surface area contributed by atoms with E-state index in [-0.39, 0.29) is 0 Å². The van der Waals surface area contributed by atoms with E-state index in [0.717, 1.165) is 16.6 Å². The third-order valence-electron chi connectivity index (χ3n) is 7.32. The molecule has 0 aromatic rings. The maximum absolute atomic E-state index is 4.37. The second kappa shape index (κ2) is 8.68. The first-order valence-electron chi connectivity index (χ1n) is 10.5. The van der Waals surface area contributed by atoms with E-state index < -0.39 is 8.07 Å². The first kappa shape index (κ1) is 22.2. The summed E-state index contributed by atoms with van der Waals surface area (Å²) in [4.78, 5) is 0. The number of rotatable bonds is 8. The first-order chi connectivity index (χ1) is 11.1. The molecule has 1 rings (SSSR count). The van der Waals surface area contributed by atoms with Crippen molar-refractivity contribution < 1.29 is 0 Å². The lowest BCUT2D eigenvalue weighted by molar-refractivity contribution is 0.374. The van der Waals surface area contributed by atoms with Crippen molar-refractivity contribution in [3.63, 3.8) is 0 Å². The van der Waals surface area contributed by atoms with Crippen molar-refractivity contribution in [3.8, 4) is 0 Å². The van der Waals surface area contributed by atoms with Gasteiger partial charge in [0.05, 0.1) is 8.07 Å². The molecule has 0 amide bonds. The van der Waals surface area contributed by atoms with Crippen molar-refractivity contribution >= 4 is 18.3 Å². The second-order valence-corrected chi connectivity index (χ2v) is 17.3. The lowest BCUT2D eigenvalue weighted by Crippen LogP contribution is -2.71. The topological polar surface area (TPSA) is 12.0 Å². The van der Waals surface area contributed by atoms with Crippen LogP contribution in [0.25, 0.3) is 0 Å². The zero-order valence-corrected chi connectivity index (χ0v) is 21.3. The Morgan fingerprint density at radius 2 is 1.38 bits per heavy atom. The fourth-order valence-electron chi connectivity index (χ4n) is 6.54. The van der Waals surface area contributed by atoms with E-state index in [2.05, 4.69) is 67.6 Å². The fraction of sp³-hybridized carbons (Fsp3) is 0.905. The van der Waals surface area contributed by atoms with Crippen LogP contribution in [0.3, 0.4) is 0 Å².